The fourth-order valence-corrected chi connectivity index (χ4v) is 1.42. The van der Waals surface area contributed by atoms with Crippen LogP contribution in [-0.4, -0.2) is 25.8 Å². The van der Waals surface area contributed by atoms with Crippen LogP contribution < -0.4 is 5.32 Å². The van der Waals surface area contributed by atoms with E-state index in [1.807, 2.05) is 0 Å². The summed E-state index contributed by atoms with van der Waals surface area (Å²) in [7, 11) is 1.77. The van der Waals surface area contributed by atoms with Crippen LogP contribution >= 0.6 is 0 Å². The highest BCUT2D eigenvalue weighted by Gasteiger charge is 2.12. The van der Waals surface area contributed by atoms with E-state index in [0.29, 0.717) is 0 Å². The quantitative estimate of drug-likeness (QED) is 0.640. The molecule has 1 unspecified atom stereocenters. The number of hydrogen-bond acceptors (Lipinski definition) is 2. The number of nitrogens with one attached hydrogen (secondary N) is 1. The predicted molar refractivity (Wildman–Crippen MR) is 62.6 cm³/mol. The van der Waals surface area contributed by atoms with Crippen LogP contribution in [0.5, 0.6) is 0 Å². The van der Waals surface area contributed by atoms with E-state index in [0.717, 1.165) is 19.1 Å². The maximum atomic E-state index is 5.06. The van der Waals surface area contributed by atoms with E-state index in [2.05, 4.69) is 33.0 Å². The number of rotatable bonds is 7. The molecule has 14 heavy (non-hydrogen) atoms. The van der Waals surface area contributed by atoms with Crippen molar-refractivity contribution >= 4 is 0 Å². The Labute approximate surface area is 89.4 Å². The van der Waals surface area contributed by atoms with Crippen molar-refractivity contribution in [1.82, 2.24) is 5.32 Å². The molecule has 0 rings (SSSR count). The minimum absolute atomic E-state index is 0.245. The van der Waals surface area contributed by atoms with Crippen LogP contribution in [0.25, 0.3) is 0 Å². The first-order valence-electron chi connectivity index (χ1n) is 5.73. The van der Waals surface area contributed by atoms with Crippen molar-refractivity contribution in [3.63, 3.8) is 0 Å². The van der Waals surface area contributed by atoms with Crippen LogP contribution in [0.1, 0.15) is 47.0 Å². The lowest BCUT2D eigenvalue weighted by molar-refractivity contribution is 0.185. The van der Waals surface area contributed by atoms with Gasteiger partial charge in [-0.2, -0.15) is 0 Å². The van der Waals surface area contributed by atoms with Crippen molar-refractivity contribution < 1.29 is 4.74 Å². The number of hydrogen-bond donors (Lipinski definition) is 1. The Hall–Kier alpha value is -0.0800. The van der Waals surface area contributed by atoms with Crippen LogP contribution in [0.4, 0.5) is 0 Å². The van der Waals surface area contributed by atoms with Crippen LogP contribution in [0, 0.1) is 5.92 Å². The summed E-state index contributed by atoms with van der Waals surface area (Å²) >= 11 is 0. The van der Waals surface area contributed by atoms with Crippen molar-refractivity contribution in [2.45, 2.75) is 52.5 Å². The van der Waals surface area contributed by atoms with Gasteiger partial charge in [0.25, 0.3) is 0 Å². The molecule has 0 spiro atoms. The molecule has 0 aliphatic heterocycles. The van der Waals surface area contributed by atoms with Gasteiger partial charge in [-0.3, -0.25) is 0 Å². The van der Waals surface area contributed by atoms with Gasteiger partial charge in [0.1, 0.15) is 0 Å². The second kappa shape index (κ2) is 7.24. The summed E-state index contributed by atoms with van der Waals surface area (Å²) in [4.78, 5) is 0. The average Bonchev–Trinajstić information content (AvgIpc) is 2.09. The molecule has 0 aromatic rings. The summed E-state index contributed by atoms with van der Waals surface area (Å²) in [6.45, 7) is 10.9. The number of methoxy groups -OCH3 is 1. The van der Waals surface area contributed by atoms with Gasteiger partial charge in [-0.15, -0.1) is 0 Å². The molecule has 0 bridgehead atoms. The fraction of sp³-hybridized carbons (Fsp3) is 1.00. The van der Waals surface area contributed by atoms with Gasteiger partial charge in [-0.1, -0.05) is 13.3 Å². The zero-order valence-electron chi connectivity index (χ0n) is 10.5. The topological polar surface area (TPSA) is 21.3 Å². The second-order valence-corrected chi connectivity index (χ2v) is 5.04. The monoisotopic (exact) mass is 201 g/mol. The molecule has 0 aromatic heterocycles. The molecule has 1 atom stereocenters. The largest absolute Gasteiger partial charge is 0.385 e. The van der Waals surface area contributed by atoms with Crippen LogP contribution in [0.2, 0.25) is 0 Å². The summed E-state index contributed by atoms with van der Waals surface area (Å²) in [5, 5.41) is 3.56. The first-order valence-corrected chi connectivity index (χ1v) is 5.73. The Balaban J connectivity index is 3.58. The molecular weight excluding hydrogens is 174 g/mol. The van der Waals surface area contributed by atoms with Crippen molar-refractivity contribution in [2.24, 2.45) is 5.92 Å². The zero-order valence-corrected chi connectivity index (χ0v) is 10.5. The minimum atomic E-state index is 0.245. The maximum Gasteiger partial charge on any atom is 0.0462 e. The summed E-state index contributed by atoms with van der Waals surface area (Å²) in [6.07, 6.45) is 3.71. The summed E-state index contributed by atoms with van der Waals surface area (Å²) in [5.41, 5.74) is 0.245. The van der Waals surface area contributed by atoms with Gasteiger partial charge in [0, 0.05) is 19.3 Å². The molecule has 0 fully saturated rings. The van der Waals surface area contributed by atoms with E-state index in [1.54, 1.807) is 7.11 Å². The first kappa shape index (κ1) is 13.9. The van der Waals surface area contributed by atoms with Crippen molar-refractivity contribution in [2.75, 3.05) is 20.3 Å². The Bertz CT molecular complexity index is 129. The van der Waals surface area contributed by atoms with Gasteiger partial charge in [0.2, 0.25) is 0 Å². The van der Waals surface area contributed by atoms with Crippen LogP contribution in [-0.2, 0) is 4.74 Å². The van der Waals surface area contributed by atoms with E-state index in [9.17, 15) is 0 Å². The standard InChI is InChI=1S/C12H27NO/c1-6-11(8-7-9-14-5)10-13-12(2,3)4/h11,13H,6-10H2,1-5H3. The fourth-order valence-electron chi connectivity index (χ4n) is 1.42. The highest BCUT2D eigenvalue weighted by molar-refractivity contribution is 4.72. The van der Waals surface area contributed by atoms with E-state index >= 15 is 0 Å². The van der Waals surface area contributed by atoms with Crippen LogP contribution in [0.15, 0.2) is 0 Å². The van der Waals surface area contributed by atoms with E-state index < -0.39 is 0 Å². The molecule has 2 nitrogen and oxygen atoms in total. The zero-order chi connectivity index (χ0) is 11.0. The molecule has 2 heteroatoms. The highest BCUT2D eigenvalue weighted by Crippen LogP contribution is 2.11. The molecule has 0 aliphatic rings. The van der Waals surface area contributed by atoms with Crippen molar-refractivity contribution in [1.29, 1.82) is 0 Å². The smallest absolute Gasteiger partial charge is 0.0462 e. The van der Waals surface area contributed by atoms with Crippen molar-refractivity contribution in [3.8, 4) is 0 Å². The highest BCUT2D eigenvalue weighted by atomic mass is 16.5. The second-order valence-electron chi connectivity index (χ2n) is 5.04. The third-order valence-corrected chi connectivity index (χ3v) is 2.46. The molecule has 0 saturated carbocycles. The van der Waals surface area contributed by atoms with E-state index in [4.69, 9.17) is 4.74 Å². The van der Waals surface area contributed by atoms with Crippen molar-refractivity contribution in [3.05, 3.63) is 0 Å². The summed E-state index contributed by atoms with van der Waals surface area (Å²) < 4.78 is 5.06. The van der Waals surface area contributed by atoms with Crippen LogP contribution in [0.3, 0.4) is 0 Å². The average molecular weight is 201 g/mol. The first-order chi connectivity index (χ1) is 6.49. The summed E-state index contributed by atoms with van der Waals surface area (Å²) in [6, 6.07) is 0. The predicted octanol–water partition coefficient (Wildman–Crippen LogP) is 2.83. The maximum absolute atomic E-state index is 5.06. The molecule has 1 N–H and O–H groups in total. The molecule has 0 heterocycles. The third-order valence-electron chi connectivity index (χ3n) is 2.46. The molecule has 0 aromatic carbocycles. The molecule has 86 valence electrons. The van der Waals surface area contributed by atoms with E-state index in [1.165, 1.54) is 19.3 Å². The SMILES string of the molecule is CCC(CCCOC)CNC(C)(C)C. The molecular formula is C12H27NO. The lowest BCUT2D eigenvalue weighted by Gasteiger charge is -2.24. The molecule has 0 radical (unpaired) electrons. The Morgan fingerprint density at radius 3 is 2.36 bits per heavy atom. The Kier molecular flexibility index (Phi) is 7.20. The lowest BCUT2D eigenvalue weighted by atomic mass is 9.99. The Morgan fingerprint density at radius 2 is 1.93 bits per heavy atom. The third kappa shape index (κ3) is 8.52. The number of ether oxygens (including phenoxy) is 1. The van der Waals surface area contributed by atoms with E-state index in [-0.39, 0.29) is 5.54 Å². The Morgan fingerprint density at radius 1 is 1.29 bits per heavy atom. The molecule has 0 aliphatic carbocycles. The summed E-state index contributed by atoms with van der Waals surface area (Å²) in [5.74, 6) is 0.796. The van der Waals surface area contributed by atoms with Gasteiger partial charge in [-0.25, -0.2) is 0 Å². The lowest BCUT2D eigenvalue weighted by Crippen LogP contribution is -2.39. The molecule has 0 saturated heterocycles. The normalized spacial score (nSPS) is 14.4. The minimum Gasteiger partial charge on any atom is -0.385 e. The van der Waals surface area contributed by atoms with Gasteiger partial charge >= 0.3 is 0 Å². The molecule has 0 amide bonds. The van der Waals surface area contributed by atoms with Gasteiger partial charge < -0.3 is 10.1 Å². The van der Waals surface area contributed by atoms with Gasteiger partial charge in [-0.05, 0) is 46.1 Å². The van der Waals surface area contributed by atoms with Gasteiger partial charge in [0.15, 0.2) is 0 Å². The van der Waals surface area contributed by atoms with Gasteiger partial charge in [0.05, 0.1) is 0 Å².